The van der Waals surface area contributed by atoms with Crippen LogP contribution >= 0.6 is 0 Å². The number of ketones is 4. The average Bonchev–Trinajstić information content (AvgIpc) is 2.28. The first kappa shape index (κ1) is 11.7. The van der Waals surface area contributed by atoms with Crippen molar-refractivity contribution in [3.8, 4) is 0 Å². The summed E-state index contributed by atoms with van der Waals surface area (Å²) >= 11 is 0. The molecule has 0 N–H and O–H groups in total. The van der Waals surface area contributed by atoms with Crippen LogP contribution in [0.25, 0.3) is 0 Å². The molecule has 0 aromatic heterocycles. The van der Waals surface area contributed by atoms with E-state index in [1.54, 1.807) is 12.2 Å². The summed E-state index contributed by atoms with van der Waals surface area (Å²) in [6.07, 6.45) is 10.6. The average molecular weight is 216 g/mol. The van der Waals surface area contributed by atoms with E-state index in [4.69, 9.17) is 0 Å². The van der Waals surface area contributed by atoms with Gasteiger partial charge < -0.3 is 0 Å². The van der Waals surface area contributed by atoms with Crippen LogP contribution in [0.3, 0.4) is 0 Å². The zero-order valence-electron chi connectivity index (χ0n) is 8.25. The molecule has 2 aliphatic rings. The second-order valence-electron chi connectivity index (χ2n) is 2.92. The predicted molar refractivity (Wildman–Crippen MR) is 56.6 cm³/mol. The molecule has 0 fully saturated rings. The zero-order valence-corrected chi connectivity index (χ0v) is 8.25. The molecule has 0 bridgehead atoms. The van der Waals surface area contributed by atoms with Crippen LogP contribution in [0.5, 0.6) is 0 Å². The lowest BCUT2D eigenvalue weighted by Gasteiger charge is -1.88. The molecule has 0 aromatic rings. The highest BCUT2D eigenvalue weighted by atomic mass is 16.2. The highest BCUT2D eigenvalue weighted by molar-refractivity contribution is 6.46. The normalized spacial score (nSPS) is 17.5. The highest BCUT2D eigenvalue weighted by Gasteiger charge is 2.06. The summed E-state index contributed by atoms with van der Waals surface area (Å²) in [7, 11) is 0. The lowest BCUT2D eigenvalue weighted by Crippen LogP contribution is -2.08. The van der Waals surface area contributed by atoms with Crippen LogP contribution in [0.15, 0.2) is 48.6 Å². The van der Waals surface area contributed by atoms with Crippen LogP contribution < -0.4 is 0 Å². The molecular formula is C12H8O4. The fourth-order valence-corrected chi connectivity index (χ4v) is 0.890. The van der Waals surface area contributed by atoms with E-state index in [-0.39, 0.29) is 11.6 Å². The van der Waals surface area contributed by atoms with Gasteiger partial charge in [0.2, 0.25) is 11.6 Å². The van der Waals surface area contributed by atoms with Crippen LogP contribution in [0.2, 0.25) is 0 Å². The summed E-state index contributed by atoms with van der Waals surface area (Å²) in [5.41, 5.74) is 0. The smallest absolute Gasteiger partial charge is 0.225 e. The SMILES string of the molecule is O=C1C=CC(=O)C=C1.O=C1C=CC=CC1=O. The maximum atomic E-state index is 10.3. The van der Waals surface area contributed by atoms with Gasteiger partial charge in [0.15, 0.2) is 11.6 Å². The van der Waals surface area contributed by atoms with Gasteiger partial charge in [0, 0.05) is 0 Å². The Kier molecular flexibility index (Phi) is 4.03. The number of allylic oxidation sites excluding steroid dienone is 8. The van der Waals surface area contributed by atoms with Gasteiger partial charge in [-0.1, -0.05) is 12.2 Å². The van der Waals surface area contributed by atoms with Crippen molar-refractivity contribution in [2.45, 2.75) is 0 Å². The van der Waals surface area contributed by atoms with E-state index >= 15 is 0 Å². The zero-order chi connectivity index (χ0) is 12.0. The lowest BCUT2D eigenvalue weighted by atomic mass is 10.1. The molecule has 0 saturated heterocycles. The molecule has 16 heavy (non-hydrogen) atoms. The third-order valence-electron chi connectivity index (χ3n) is 1.67. The largest absolute Gasteiger partial charge is 0.290 e. The first-order valence-corrected chi connectivity index (χ1v) is 4.47. The molecule has 80 valence electrons. The predicted octanol–water partition coefficient (Wildman–Crippen LogP) is 0.501. The minimum Gasteiger partial charge on any atom is -0.290 e. The summed E-state index contributed by atoms with van der Waals surface area (Å²) < 4.78 is 0. The van der Waals surface area contributed by atoms with Crippen LogP contribution in [-0.4, -0.2) is 23.1 Å². The minimum atomic E-state index is -0.437. The van der Waals surface area contributed by atoms with E-state index in [2.05, 4.69) is 0 Å². The van der Waals surface area contributed by atoms with E-state index in [1.807, 2.05) is 0 Å². The molecule has 2 rings (SSSR count). The fraction of sp³-hybridized carbons (Fsp3) is 0. The van der Waals surface area contributed by atoms with E-state index in [0.29, 0.717) is 0 Å². The Morgan fingerprint density at radius 2 is 0.812 bits per heavy atom. The van der Waals surface area contributed by atoms with Gasteiger partial charge in [-0.25, -0.2) is 0 Å². The van der Waals surface area contributed by atoms with Gasteiger partial charge >= 0.3 is 0 Å². The van der Waals surface area contributed by atoms with Crippen molar-refractivity contribution in [2.75, 3.05) is 0 Å². The molecule has 0 radical (unpaired) electrons. The van der Waals surface area contributed by atoms with Crippen LogP contribution in [0.4, 0.5) is 0 Å². The Hall–Kier alpha value is -2.36. The van der Waals surface area contributed by atoms with Crippen LogP contribution in [-0.2, 0) is 19.2 Å². The molecule has 4 nitrogen and oxygen atoms in total. The third kappa shape index (κ3) is 3.79. The van der Waals surface area contributed by atoms with E-state index < -0.39 is 11.6 Å². The second kappa shape index (κ2) is 5.50. The van der Waals surface area contributed by atoms with Crippen molar-refractivity contribution in [1.29, 1.82) is 0 Å². The maximum absolute atomic E-state index is 10.3. The Bertz CT molecular complexity index is 401. The molecule has 0 amide bonds. The minimum absolute atomic E-state index is 0.121. The standard InChI is InChI=1S/2C6H4O2/c7-5-1-2-6(8)4-3-5;7-5-3-1-2-4-6(5)8/h2*1-4H. The summed E-state index contributed by atoms with van der Waals surface area (Å²) in [5, 5.41) is 0. The first-order chi connectivity index (χ1) is 7.59. The molecule has 0 spiro atoms. The summed E-state index contributed by atoms with van der Waals surface area (Å²) in [5.74, 6) is -1.12. The maximum Gasteiger partial charge on any atom is 0.225 e. The van der Waals surface area contributed by atoms with Gasteiger partial charge in [-0.3, -0.25) is 19.2 Å². The Balaban J connectivity index is 0.000000160. The summed E-state index contributed by atoms with van der Waals surface area (Å²) in [6, 6.07) is 0. The van der Waals surface area contributed by atoms with Gasteiger partial charge in [-0.15, -0.1) is 0 Å². The molecular weight excluding hydrogens is 208 g/mol. The Labute approximate surface area is 91.6 Å². The van der Waals surface area contributed by atoms with Crippen molar-refractivity contribution in [3.05, 3.63) is 48.6 Å². The second-order valence-corrected chi connectivity index (χ2v) is 2.92. The molecule has 0 aliphatic heterocycles. The van der Waals surface area contributed by atoms with Gasteiger partial charge in [0.05, 0.1) is 0 Å². The van der Waals surface area contributed by atoms with Gasteiger partial charge in [-0.2, -0.15) is 0 Å². The summed E-state index contributed by atoms with van der Waals surface area (Å²) in [6.45, 7) is 0. The van der Waals surface area contributed by atoms with Crippen molar-refractivity contribution in [2.24, 2.45) is 0 Å². The monoisotopic (exact) mass is 216 g/mol. The van der Waals surface area contributed by atoms with Crippen LogP contribution in [0, 0.1) is 0 Å². The Morgan fingerprint density at radius 1 is 0.500 bits per heavy atom. The van der Waals surface area contributed by atoms with Crippen molar-refractivity contribution >= 4 is 23.1 Å². The van der Waals surface area contributed by atoms with Gasteiger partial charge in [0.1, 0.15) is 0 Å². The quantitative estimate of drug-likeness (QED) is 0.336. The number of hydrogen-bond donors (Lipinski definition) is 0. The van der Waals surface area contributed by atoms with E-state index in [9.17, 15) is 19.2 Å². The Morgan fingerprint density at radius 3 is 1.06 bits per heavy atom. The highest BCUT2D eigenvalue weighted by Crippen LogP contribution is 1.91. The van der Waals surface area contributed by atoms with Crippen molar-refractivity contribution in [3.63, 3.8) is 0 Å². The topological polar surface area (TPSA) is 68.3 Å². The molecule has 0 saturated carbocycles. The third-order valence-corrected chi connectivity index (χ3v) is 1.67. The molecule has 4 heteroatoms. The van der Waals surface area contributed by atoms with Crippen molar-refractivity contribution < 1.29 is 19.2 Å². The van der Waals surface area contributed by atoms with E-state index in [0.717, 1.165) is 0 Å². The molecule has 0 heterocycles. The van der Waals surface area contributed by atoms with Crippen LogP contribution in [0.1, 0.15) is 0 Å². The number of carbonyl (C=O) groups is 4. The molecule has 2 aliphatic carbocycles. The molecule has 0 unspecified atom stereocenters. The van der Waals surface area contributed by atoms with Gasteiger partial charge in [0.25, 0.3) is 0 Å². The number of carbonyl (C=O) groups excluding carboxylic acids is 4. The molecule has 0 aromatic carbocycles. The number of rotatable bonds is 0. The van der Waals surface area contributed by atoms with Gasteiger partial charge in [-0.05, 0) is 36.5 Å². The lowest BCUT2D eigenvalue weighted by molar-refractivity contribution is -0.131. The van der Waals surface area contributed by atoms with E-state index in [1.165, 1.54) is 36.5 Å². The number of hydrogen-bond acceptors (Lipinski definition) is 4. The molecule has 0 atom stereocenters. The summed E-state index contributed by atoms with van der Waals surface area (Å²) in [4.78, 5) is 41.2. The fourth-order valence-electron chi connectivity index (χ4n) is 0.890. The first-order valence-electron chi connectivity index (χ1n) is 4.47. The van der Waals surface area contributed by atoms with Crippen molar-refractivity contribution in [1.82, 2.24) is 0 Å².